The van der Waals surface area contributed by atoms with Crippen LogP contribution in [0.5, 0.6) is 0 Å². The first-order valence-corrected chi connectivity index (χ1v) is 6.35. The maximum Gasteiger partial charge on any atom is 0.318 e. The number of aryl methyl sites for hydroxylation is 1. The lowest BCUT2D eigenvalue weighted by Crippen LogP contribution is -2.43. The number of amides is 2. The van der Waals surface area contributed by atoms with Crippen molar-refractivity contribution in [2.24, 2.45) is 0 Å². The van der Waals surface area contributed by atoms with Crippen LogP contribution in [0, 0.1) is 0 Å². The molecule has 0 aromatic carbocycles. The zero-order valence-corrected chi connectivity index (χ0v) is 10.9. The van der Waals surface area contributed by atoms with Crippen molar-refractivity contribution in [1.82, 2.24) is 9.88 Å². The van der Waals surface area contributed by atoms with Crippen molar-refractivity contribution in [2.45, 2.75) is 39.2 Å². The SMILES string of the molecule is CCCCc1cc(=O)c2c(n1C(F)F)CC(=O)NC2=O. The molecule has 20 heavy (non-hydrogen) atoms. The van der Waals surface area contributed by atoms with Crippen LogP contribution >= 0.6 is 0 Å². The fraction of sp³-hybridized carbons (Fsp3) is 0.462. The fourth-order valence-corrected chi connectivity index (χ4v) is 2.32. The number of aromatic nitrogens is 1. The zero-order chi connectivity index (χ0) is 14.9. The van der Waals surface area contributed by atoms with Gasteiger partial charge in [0.25, 0.3) is 5.91 Å². The van der Waals surface area contributed by atoms with Crippen LogP contribution in [0.25, 0.3) is 0 Å². The predicted molar refractivity (Wildman–Crippen MR) is 66.7 cm³/mol. The second kappa shape index (κ2) is 5.52. The van der Waals surface area contributed by atoms with Gasteiger partial charge in [0.05, 0.1) is 6.42 Å². The number of imide groups is 1. The van der Waals surface area contributed by atoms with E-state index in [1.165, 1.54) is 0 Å². The van der Waals surface area contributed by atoms with Gasteiger partial charge in [0.15, 0.2) is 5.43 Å². The number of fused-ring (bicyclic) bond motifs is 1. The average molecular weight is 284 g/mol. The van der Waals surface area contributed by atoms with Crippen molar-refractivity contribution in [3.8, 4) is 0 Å². The van der Waals surface area contributed by atoms with Crippen LogP contribution in [0.15, 0.2) is 10.9 Å². The lowest BCUT2D eigenvalue weighted by atomic mass is 10.0. The highest BCUT2D eigenvalue weighted by atomic mass is 19.3. The van der Waals surface area contributed by atoms with Crippen molar-refractivity contribution in [1.29, 1.82) is 0 Å². The third-order valence-corrected chi connectivity index (χ3v) is 3.22. The van der Waals surface area contributed by atoms with E-state index in [4.69, 9.17) is 0 Å². The van der Waals surface area contributed by atoms with E-state index >= 15 is 0 Å². The second-order valence-corrected chi connectivity index (χ2v) is 4.63. The van der Waals surface area contributed by atoms with Crippen molar-refractivity contribution < 1.29 is 18.4 Å². The molecular weight excluding hydrogens is 270 g/mol. The maximum atomic E-state index is 13.2. The number of nitrogens with zero attached hydrogens (tertiary/aromatic N) is 1. The van der Waals surface area contributed by atoms with E-state index in [1.54, 1.807) is 0 Å². The van der Waals surface area contributed by atoms with E-state index in [2.05, 4.69) is 0 Å². The number of hydrogen-bond donors (Lipinski definition) is 1. The van der Waals surface area contributed by atoms with Crippen LogP contribution in [0.1, 0.15) is 48.1 Å². The molecule has 1 aliphatic heterocycles. The van der Waals surface area contributed by atoms with Crippen molar-refractivity contribution in [2.75, 3.05) is 0 Å². The van der Waals surface area contributed by atoms with E-state index in [-0.39, 0.29) is 23.4 Å². The summed E-state index contributed by atoms with van der Waals surface area (Å²) >= 11 is 0. The molecule has 0 bridgehead atoms. The van der Waals surface area contributed by atoms with Gasteiger partial charge in [-0.2, -0.15) is 8.78 Å². The Bertz CT molecular complexity index is 623. The molecule has 0 atom stereocenters. The Hall–Kier alpha value is -2.05. The minimum atomic E-state index is -2.89. The van der Waals surface area contributed by atoms with Gasteiger partial charge < -0.3 is 0 Å². The summed E-state index contributed by atoms with van der Waals surface area (Å²) in [6.45, 7) is -0.991. The van der Waals surface area contributed by atoms with E-state index in [9.17, 15) is 23.2 Å². The Kier molecular flexibility index (Phi) is 3.96. The molecule has 0 saturated carbocycles. The predicted octanol–water partition coefficient (Wildman–Crippen LogP) is 1.40. The molecule has 7 heteroatoms. The number of hydrogen-bond acceptors (Lipinski definition) is 3. The standard InChI is InChI=1S/C13H14F2N2O3/c1-2-3-4-7-5-9(18)11-8(17(7)13(14)15)6-10(19)16-12(11)20/h5,13H,2-4,6H2,1H3,(H,16,19,20). The summed E-state index contributed by atoms with van der Waals surface area (Å²) < 4.78 is 27.1. The summed E-state index contributed by atoms with van der Waals surface area (Å²) in [5.41, 5.74) is -1.00. The van der Waals surface area contributed by atoms with Crippen LogP contribution < -0.4 is 10.7 Å². The highest BCUT2D eigenvalue weighted by Gasteiger charge is 2.30. The topological polar surface area (TPSA) is 68.2 Å². The Labute approximate surface area is 113 Å². The van der Waals surface area contributed by atoms with Gasteiger partial charge in [0.2, 0.25) is 5.91 Å². The van der Waals surface area contributed by atoms with Gasteiger partial charge in [-0.1, -0.05) is 13.3 Å². The minimum absolute atomic E-state index is 0.160. The fourth-order valence-electron chi connectivity index (χ4n) is 2.32. The van der Waals surface area contributed by atoms with Crippen LogP contribution in [0.2, 0.25) is 0 Å². The second-order valence-electron chi connectivity index (χ2n) is 4.63. The quantitative estimate of drug-likeness (QED) is 0.850. The summed E-state index contributed by atoms with van der Waals surface area (Å²) in [6, 6.07) is 1.07. The first-order valence-electron chi connectivity index (χ1n) is 6.35. The Morgan fingerprint density at radius 1 is 1.35 bits per heavy atom. The van der Waals surface area contributed by atoms with Gasteiger partial charge in [-0.25, -0.2) is 0 Å². The van der Waals surface area contributed by atoms with Crippen molar-refractivity contribution >= 4 is 11.8 Å². The molecule has 0 saturated heterocycles. The maximum absolute atomic E-state index is 13.2. The molecule has 0 spiro atoms. The largest absolute Gasteiger partial charge is 0.318 e. The third-order valence-electron chi connectivity index (χ3n) is 3.22. The van der Waals surface area contributed by atoms with E-state index in [1.807, 2.05) is 12.2 Å². The molecule has 2 amide bonds. The van der Waals surface area contributed by atoms with Gasteiger partial charge in [0, 0.05) is 17.5 Å². The number of carbonyl (C=O) groups excluding carboxylic acids is 2. The smallest absolute Gasteiger partial charge is 0.292 e. The first-order chi connectivity index (χ1) is 9.45. The highest BCUT2D eigenvalue weighted by molar-refractivity contribution is 6.09. The molecule has 0 fully saturated rings. The van der Waals surface area contributed by atoms with Gasteiger partial charge in [-0.15, -0.1) is 0 Å². The number of pyridine rings is 1. The molecular formula is C13H14F2N2O3. The molecule has 0 unspecified atom stereocenters. The van der Waals surface area contributed by atoms with Gasteiger partial charge in [-0.3, -0.25) is 24.3 Å². The lowest BCUT2D eigenvalue weighted by Gasteiger charge is -2.23. The van der Waals surface area contributed by atoms with Crippen LogP contribution in [0.4, 0.5) is 8.78 Å². The molecule has 0 aliphatic carbocycles. The lowest BCUT2D eigenvalue weighted by molar-refractivity contribution is -0.119. The van der Waals surface area contributed by atoms with Crippen molar-refractivity contribution in [3.63, 3.8) is 0 Å². The molecule has 1 aromatic rings. The van der Waals surface area contributed by atoms with Crippen LogP contribution in [-0.2, 0) is 17.6 Å². The number of alkyl halides is 2. The van der Waals surface area contributed by atoms with E-state index in [0.29, 0.717) is 17.4 Å². The first kappa shape index (κ1) is 14.4. The van der Waals surface area contributed by atoms with Crippen LogP contribution in [-0.4, -0.2) is 16.4 Å². The number of nitrogens with one attached hydrogen (secondary N) is 1. The molecule has 2 heterocycles. The van der Waals surface area contributed by atoms with Crippen LogP contribution in [0.3, 0.4) is 0 Å². The zero-order valence-electron chi connectivity index (χ0n) is 10.9. The minimum Gasteiger partial charge on any atom is -0.292 e. The normalized spacial score (nSPS) is 14.4. The molecule has 108 valence electrons. The van der Waals surface area contributed by atoms with Gasteiger partial charge in [-0.05, 0) is 12.8 Å². The Morgan fingerprint density at radius 2 is 2.05 bits per heavy atom. The molecule has 1 aliphatic rings. The molecule has 1 aromatic heterocycles. The number of halogens is 2. The molecule has 2 rings (SSSR count). The summed E-state index contributed by atoms with van der Waals surface area (Å²) in [6.07, 6.45) is 1.35. The Balaban J connectivity index is 2.66. The molecule has 1 N–H and O–H groups in total. The Morgan fingerprint density at radius 3 is 2.65 bits per heavy atom. The van der Waals surface area contributed by atoms with Gasteiger partial charge in [0.1, 0.15) is 5.56 Å². The van der Waals surface area contributed by atoms with Gasteiger partial charge >= 0.3 is 6.55 Å². The third kappa shape index (κ3) is 2.48. The highest BCUT2D eigenvalue weighted by Crippen LogP contribution is 2.22. The molecule has 5 nitrogen and oxygen atoms in total. The van der Waals surface area contributed by atoms with E-state index < -0.39 is 23.8 Å². The summed E-state index contributed by atoms with van der Waals surface area (Å²) in [5.74, 6) is -1.58. The average Bonchev–Trinajstić information content (AvgIpc) is 2.34. The number of carbonyl (C=O) groups is 2. The number of rotatable bonds is 4. The van der Waals surface area contributed by atoms with E-state index in [0.717, 1.165) is 12.5 Å². The van der Waals surface area contributed by atoms with Crippen molar-refractivity contribution in [3.05, 3.63) is 33.2 Å². The summed E-state index contributed by atoms with van der Waals surface area (Å²) in [4.78, 5) is 34.9. The monoisotopic (exact) mass is 284 g/mol. The molecule has 0 radical (unpaired) electrons. The number of unbranched alkanes of at least 4 members (excludes halogenated alkanes) is 1. The summed E-state index contributed by atoms with van der Waals surface area (Å²) in [7, 11) is 0. The summed E-state index contributed by atoms with van der Waals surface area (Å²) in [5, 5.41) is 1.97.